The van der Waals surface area contributed by atoms with Crippen molar-refractivity contribution >= 4 is 0 Å². The second-order valence-corrected chi connectivity index (χ2v) is 3.31. The average molecular weight is 165 g/mol. The van der Waals surface area contributed by atoms with E-state index in [1.807, 2.05) is 6.92 Å². The van der Waals surface area contributed by atoms with Gasteiger partial charge in [0.1, 0.15) is 0 Å². The number of hydrogen-bond acceptors (Lipinski definition) is 2. The molecule has 1 aliphatic heterocycles. The van der Waals surface area contributed by atoms with Gasteiger partial charge in [-0.05, 0) is 0 Å². The molecule has 0 spiro atoms. The summed E-state index contributed by atoms with van der Waals surface area (Å²) in [4.78, 5) is 0. The summed E-state index contributed by atoms with van der Waals surface area (Å²) in [5, 5.41) is 12.8. The first kappa shape index (κ1) is 9.31. The van der Waals surface area contributed by atoms with Crippen LogP contribution in [0.4, 0.5) is 0 Å². The molecule has 0 aliphatic carbocycles. The van der Waals surface area contributed by atoms with Crippen molar-refractivity contribution in [3.63, 3.8) is 0 Å². The van der Waals surface area contributed by atoms with E-state index in [4.69, 9.17) is 6.42 Å². The molecule has 66 valence electrons. The van der Waals surface area contributed by atoms with E-state index in [0.29, 0.717) is 6.42 Å². The Hall–Kier alpha value is -0.780. The Balaban J connectivity index is 2.65. The maximum Gasteiger partial charge on any atom is 0.0716 e. The number of nitrogens with one attached hydrogen (secondary N) is 1. The highest BCUT2D eigenvalue weighted by Gasteiger charge is 2.30. The fraction of sp³-hybridized carbons (Fsp3) is 0.600. The van der Waals surface area contributed by atoms with Gasteiger partial charge >= 0.3 is 0 Å². The third-order valence-corrected chi connectivity index (χ3v) is 2.50. The molecule has 0 aromatic rings. The summed E-state index contributed by atoms with van der Waals surface area (Å²) in [5.41, 5.74) is 0. The first-order valence-electron chi connectivity index (χ1n) is 4.21. The van der Waals surface area contributed by atoms with Crippen LogP contribution in [0.5, 0.6) is 0 Å². The van der Waals surface area contributed by atoms with Crippen molar-refractivity contribution in [2.75, 3.05) is 0 Å². The Kier molecular flexibility index (Phi) is 2.91. The Morgan fingerprint density at radius 1 is 1.75 bits per heavy atom. The van der Waals surface area contributed by atoms with E-state index in [2.05, 4.69) is 17.8 Å². The summed E-state index contributed by atoms with van der Waals surface area (Å²) in [6.45, 7) is 5.69. The van der Waals surface area contributed by atoms with Crippen LogP contribution in [0.15, 0.2) is 12.7 Å². The predicted molar refractivity (Wildman–Crippen MR) is 49.5 cm³/mol. The molecule has 4 unspecified atom stereocenters. The van der Waals surface area contributed by atoms with E-state index in [1.54, 1.807) is 6.08 Å². The van der Waals surface area contributed by atoms with Crippen LogP contribution in [-0.2, 0) is 0 Å². The number of terminal acetylenes is 1. The van der Waals surface area contributed by atoms with E-state index in [-0.39, 0.29) is 24.1 Å². The second-order valence-electron chi connectivity index (χ2n) is 3.31. The van der Waals surface area contributed by atoms with Crippen molar-refractivity contribution in [3.8, 4) is 12.3 Å². The van der Waals surface area contributed by atoms with Gasteiger partial charge in [-0.2, -0.15) is 0 Å². The van der Waals surface area contributed by atoms with Crippen LogP contribution in [-0.4, -0.2) is 23.3 Å². The van der Waals surface area contributed by atoms with Gasteiger partial charge in [0.25, 0.3) is 0 Å². The van der Waals surface area contributed by atoms with Gasteiger partial charge in [-0.15, -0.1) is 13.0 Å². The summed E-state index contributed by atoms with van der Waals surface area (Å²) in [6.07, 6.45) is 7.40. The minimum absolute atomic E-state index is 0.0146. The summed E-state index contributed by atoms with van der Waals surface area (Å²) < 4.78 is 0. The number of aliphatic hydroxyl groups excluding tert-OH is 1. The molecular weight excluding hydrogens is 150 g/mol. The lowest BCUT2D eigenvalue weighted by molar-refractivity contribution is 0.0624. The van der Waals surface area contributed by atoms with Gasteiger partial charge in [-0.3, -0.25) is 5.32 Å². The molecule has 0 aromatic carbocycles. The fourth-order valence-electron chi connectivity index (χ4n) is 1.55. The molecule has 1 rings (SSSR count). The maximum absolute atomic E-state index is 9.60. The van der Waals surface area contributed by atoms with Gasteiger partial charge in [0, 0.05) is 18.4 Å². The molecule has 2 N–H and O–H groups in total. The van der Waals surface area contributed by atoms with E-state index in [9.17, 15) is 5.11 Å². The molecule has 12 heavy (non-hydrogen) atoms. The minimum Gasteiger partial charge on any atom is -0.393 e. The van der Waals surface area contributed by atoms with Crippen molar-refractivity contribution in [1.29, 1.82) is 0 Å². The first-order valence-corrected chi connectivity index (χ1v) is 4.21. The summed E-state index contributed by atoms with van der Waals surface area (Å²) in [7, 11) is 0. The average Bonchev–Trinajstić information content (AvgIpc) is 2.09. The Morgan fingerprint density at radius 3 is 2.92 bits per heavy atom. The van der Waals surface area contributed by atoms with Gasteiger partial charge in [0.05, 0.1) is 12.1 Å². The number of aliphatic hydroxyl groups is 1. The van der Waals surface area contributed by atoms with Crippen LogP contribution in [0.1, 0.15) is 13.3 Å². The van der Waals surface area contributed by atoms with Crippen LogP contribution in [0.3, 0.4) is 0 Å². The fourth-order valence-corrected chi connectivity index (χ4v) is 1.55. The Labute approximate surface area is 73.7 Å². The van der Waals surface area contributed by atoms with Crippen LogP contribution in [0, 0.1) is 18.3 Å². The number of piperidine rings is 1. The van der Waals surface area contributed by atoms with Crippen LogP contribution >= 0.6 is 0 Å². The highest BCUT2D eigenvalue weighted by atomic mass is 16.3. The largest absolute Gasteiger partial charge is 0.393 e. The Bertz CT molecular complexity index is 206. The highest BCUT2D eigenvalue weighted by Crippen LogP contribution is 2.20. The van der Waals surface area contributed by atoms with Gasteiger partial charge < -0.3 is 5.11 Å². The van der Waals surface area contributed by atoms with E-state index >= 15 is 0 Å². The van der Waals surface area contributed by atoms with Crippen molar-refractivity contribution in [2.24, 2.45) is 5.92 Å². The van der Waals surface area contributed by atoms with Crippen molar-refractivity contribution in [3.05, 3.63) is 12.7 Å². The van der Waals surface area contributed by atoms with Gasteiger partial charge in [0.2, 0.25) is 0 Å². The lowest BCUT2D eigenvalue weighted by Gasteiger charge is -2.35. The normalized spacial score (nSPS) is 41.8. The van der Waals surface area contributed by atoms with Gasteiger partial charge in [0.15, 0.2) is 0 Å². The molecule has 1 heterocycles. The summed E-state index contributed by atoms with van der Waals surface area (Å²) in [5.74, 6) is 2.80. The molecule has 4 atom stereocenters. The predicted octanol–water partition coefficient (Wildman–Crippen LogP) is 0.533. The van der Waals surface area contributed by atoms with Crippen molar-refractivity contribution in [2.45, 2.75) is 31.5 Å². The number of rotatable bonds is 1. The maximum atomic E-state index is 9.60. The molecule has 0 radical (unpaired) electrons. The molecule has 1 saturated heterocycles. The van der Waals surface area contributed by atoms with E-state index in [0.717, 1.165) is 0 Å². The zero-order chi connectivity index (χ0) is 9.14. The Morgan fingerprint density at radius 2 is 2.42 bits per heavy atom. The molecule has 0 saturated carbocycles. The molecule has 1 aliphatic rings. The summed E-state index contributed by atoms with van der Waals surface area (Å²) in [6, 6.07) is 0.119. The minimum atomic E-state index is -0.310. The smallest absolute Gasteiger partial charge is 0.0716 e. The van der Waals surface area contributed by atoms with E-state index in [1.165, 1.54) is 0 Å². The lowest BCUT2D eigenvalue weighted by Crippen LogP contribution is -2.51. The van der Waals surface area contributed by atoms with Gasteiger partial charge in [-0.1, -0.05) is 18.9 Å². The van der Waals surface area contributed by atoms with Crippen molar-refractivity contribution < 1.29 is 5.11 Å². The molecule has 1 fully saturated rings. The standard InChI is InChI=1S/C10H15NO/c1-4-8-6-10(12)7(3)9(5-2)11-8/h1,5,7-12H,2,6H2,3H3. The quantitative estimate of drug-likeness (QED) is 0.439. The lowest BCUT2D eigenvalue weighted by atomic mass is 9.86. The number of hydrogen-bond donors (Lipinski definition) is 2. The van der Waals surface area contributed by atoms with Crippen LogP contribution < -0.4 is 5.32 Å². The summed E-state index contributed by atoms with van der Waals surface area (Å²) >= 11 is 0. The van der Waals surface area contributed by atoms with Crippen LogP contribution in [0.25, 0.3) is 0 Å². The molecule has 0 bridgehead atoms. The second kappa shape index (κ2) is 3.75. The third-order valence-electron chi connectivity index (χ3n) is 2.50. The van der Waals surface area contributed by atoms with Crippen molar-refractivity contribution in [1.82, 2.24) is 5.32 Å². The zero-order valence-electron chi connectivity index (χ0n) is 7.33. The first-order chi connectivity index (χ1) is 5.69. The zero-order valence-corrected chi connectivity index (χ0v) is 7.33. The topological polar surface area (TPSA) is 32.3 Å². The molecule has 2 nitrogen and oxygen atoms in total. The van der Waals surface area contributed by atoms with Crippen LogP contribution in [0.2, 0.25) is 0 Å². The molecule has 2 heteroatoms. The third kappa shape index (κ3) is 1.69. The van der Waals surface area contributed by atoms with E-state index < -0.39 is 0 Å². The molecular formula is C10H15NO. The highest BCUT2D eigenvalue weighted by molar-refractivity contribution is 5.08. The monoisotopic (exact) mass is 165 g/mol. The molecule has 0 aromatic heterocycles. The van der Waals surface area contributed by atoms with Gasteiger partial charge in [-0.25, -0.2) is 0 Å². The SMILES string of the molecule is C#CC1CC(O)C(C)C(C=C)N1. The molecule has 0 amide bonds.